The number of carbonyl (C=O) groups is 1. The Bertz CT molecular complexity index is 524. The molecule has 1 aliphatic heterocycles. The quantitative estimate of drug-likeness (QED) is 0.845. The van der Waals surface area contributed by atoms with Crippen molar-refractivity contribution in [2.24, 2.45) is 5.10 Å². The van der Waals surface area contributed by atoms with E-state index in [4.69, 9.17) is 0 Å². The second-order valence-electron chi connectivity index (χ2n) is 5.10. The average molecular weight is 259 g/mol. The van der Waals surface area contributed by atoms with Crippen molar-refractivity contribution >= 4 is 17.3 Å². The zero-order valence-corrected chi connectivity index (χ0v) is 12.0. The fraction of sp³-hybridized carbons (Fsp3) is 0.467. The first-order valence-corrected chi connectivity index (χ1v) is 6.77. The van der Waals surface area contributed by atoms with Gasteiger partial charge in [-0.3, -0.25) is 4.79 Å². The van der Waals surface area contributed by atoms with Crippen molar-refractivity contribution in [1.29, 1.82) is 0 Å². The van der Waals surface area contributed by atoms with Gasteiger partial charge in [-0.1, -0.05) is 26.0 Å². The SMILES string of the molecule is CC/C(C)=N\N1C(=O)c2ccccc2N[C@@]1(C)CC. The summed E-state index contributed by atoms with van der Waals surface area (Å²) in [7, 11) is 0. The molecule has 1 N–H and O–H groups in total. The van der Waals surface area contributed by atoms with Crippen LogP contribution in [0.25, 0.3) is 0 Å². The van der Waals surface area contributed by atoms with E-state index >= 15 is 0 Å². The van der Waals surface area contributed by atoms with E-state index in [2.05, 4.69) is 17.3 Å². The van der Waals surface area contributed by atoms with Gasteiger partial charge in [-0.15, -0.1) is 0 Å². The van der Waals surface area contributed by atoms with Crippen molar-refractivity contribution in [3.8, 4) is 0 Å². The number of hydrogen-bond donors (Lipinski definition) is 1. The summed E-state index contributed by atoms with van der Waals surface area (Å²) < 4.78 is 0. The Hall–Kier alpha value is -1.84. The van der Waals surface area contributed by atoms with Crippen LogP contribution in [0.1, 0.15) is 50.9 Å². The maximum absolute atomic E-state index is 12.6. The van der Waals surface area contributed by atoms with E-state index in [1.807, 2.05) is 45.0 Å². The molecule has 0 spiro atoms. The van der Waals surface area contributed by atoms with E-state index in [1.54, 1.807) is 5.01 Å². The summed E-state index contributed by atoms with van der Waals surface area (Å²) in [6.07, 6.45) is 1.62. The maximum Gasteiger partial charge on any atom is 0.278 e. The third kappa shape index (κ3) is 2.35. The molecule has 1 heterocycles. The van der Waals surface area contributed by atoms with Crippen LogP contribution in [0.5, 0.6) is 0 Å². The smallest absolute Gasteiger partial charge is 0.278 e. The molecule has 1 aliphatic rings. The molecule has 102 valence electrons. The maximum atomic E-state index is 12.6. The third-order valence-corrected chi connectivity index (χ3v) is 3.69. The zero-order valence-electron chi connectivity index (χ0n) is 12.0. The number of para-hydroxylation sites is 1. The lowest BCUT2D eigenvalue weighted by atomic mass is 10.0. The van der Waals surface area contributed by atoms with Crippen LogP contribution in [0.4, 0.5) is 5.69 Å². The number of anilines is 1. The van der Waals surface area contributed by atoms with Crippen molar-refractivity contribution < 1.29 is 4.79 Å². The first-order chi connectivity index (χ1) is 9.01. The van der Waals surface area contributed by atoms with E-state index in [0.29, 0.717) is 5.56 Å². The number of hydrazone groups is 1. The summed E-state index contributed by atoms with van der Waals surface area (Å²) >= 11 is 0. The summed E-state index contributed by atoms with van der Waals surface area (Å²) in [5, 5.41) is 9.52. The Morgan fingerprint density at radius 3 is 2.68 bits per heavy atom. The molecule has 2 rings (SSSR count). The lowest BCUT2D eigenvalue weighted by Crippen LogP contribution is -2.55. The molecule has 0 saturated heterocycles. The highest BCUT2D eigenvalue weighted by atomic mass is 16.2. The minimum Gasteiger partial charge on any atom is -0.361 e. The number of benzene rings is 1. The molecule has 4 heteroatoms. The Balaban J connectivity index is 2.50. The van der Waals surface area contributed by atoms with Gasteiger partial charge in [-0.05, 0) is 38.8 Å². The first-order valence-electron chi connectivity index (χ1n) is 6.77. The molecule has 4 nitrogen and oxygen atoms in total. The Morgan fingerprint density at radius 1 is 1.37 bits per heavy atom. The molecule has 1 amide bonds. The van der Waals surface area contributed by atoms with Crippen molar-refractivity contribution in [2.45, 2.75) is 46.2 Å². The van der Waals surface area contributed by atoms with Gasteiger partial charge in [0.2, 0.25) is 0 Å². The van der Waals surface area contributed by atoms with Crippen LogP contribution < -0.4 is 5.32 Å². The Kier molecular flexibility index (Phi) is 3.60. The number of nitrogens with one attached hydrogen (secondary N) is 1. The average Bonchev–Trinajstić information content (AvgIpc) is 2.43. The molecule has 1 atom stereocenters. The second kappa shape index (κ2) is 5.03. The number of nitrogens with zero attached hydrogens (tertiary/aromatic N) is 2. The van der Waals surface area contributed by atoms with Crippen molar-refractivity contribution in [3.63, 3.8) is 0 Å². The van der Waals surface area contributed by atoms with E-state index in [0.717, 1.165) is 24.2 Å². The second-order valence-corrected chi connectivity index (χ2v) is 5.10. The molecular weight excluding hydrogens is 238 g/mol. The van der Waals surface area contributed by atoms with Gasteiger partial charge in [0, 0.05) is 11.4 Å². The molecule has 0 unspecified atom stereocenters. The minimum absolute atomic E-state index is 0.0356. The van der Waals surface area contributed by atoms with E-state index < -0.39 is 5.66 Å². The van der Waals surface area contributed by atoms with Gasteiger partial charge in [0.1, 0.15) is 5.66 Å². The van der Waals surface area contributed by atoms with Gasteiger partial charge in [-0.25, -0.2) is 5.01 Å². The van der Waals surface area contributed by atoms with Gasteiger partial charge in [-0.2, -0.15) is 5.10 Å². The number of rotatable bonds is 3. The molecule has 0 bridgehead atoms. The molecular formula is C15H21N3O. The van der Waals surface area contributed by atoms with Gasteiger partial charge in [0.05, 0.1) is 5.56 Å². The van der Waals surface area contributed by atoms with Crippen LogP contribution in [0.15, 0.2) is 29.4 Å². The molecule has 19 heavy (non-hydrogen) atoms. The highest BCUT2D eigenvalue weighted by Gasteiger charge is 2.40. The summed E-state index contributed by atoms with van der Waals surface area (Å²) in [6.45, 7) is 8.05. The predicted molar refractivity (Wildman–Crippen MR) is 78.3 cm³/mol. The van der Waals surface area contributed by atoms with Crippen LogP contribution in [-0.4, -0.2) is 22.3 Å². The fourth-order valence-corrected chi connectivity index (χ4v) is 2.10. The number of amides is 1. The first kappa shape index (κ1) is 13.6. The largest absolute Gasteiger partial charge is 0.361 e. The van der Waals surface area contributed by atoms with Crippen molar-refractivity contribution in [1.82, 2.24) is 5.01 Å². The Labute approximate surface area is 114 Å². The molecule has 0 fully saturated rings. The predicted octanol–water partition coefficient (Wildman–Crippen LogP) is 3.47. The van der Waals surface area contributed by atoms with Crippen LogP contribution in [0.2, 0.25) is 0 Å². The fourth-order valence-electron chi connectivity index (χ4n) is 2.10. The third-order valence-electron chi connectivity index (χ3n) is 3.69. The van der Waals surface area contributed by atoms with Gasteiger partial charge >= 0.3 is 0 Å². The minimum atomic E-state index is -0.470. The topological polar surface area (TPSA) is 44.7 Å². The van der Waals surface area contributed by atoms with Gasteiger partial charge in [0.25, 0.3) is 5.91 Å². The molecule has 1 aromatic rings. The number of carbonyl (C=O) groups excluding carboxylic acids is 1. The summed E-state index contributed by atoms with van der Waals surface area (Å²) in [5.74, 6) is -0.0356. The normalized spacial score (nSPS) is 23.1. The summed E-state index contributed by atoms with van der Waals surface area (Å²) in [5.41, 5.74) is 2.05. The lowest BCUT2D eigenvalue weighted by Gasteiger charge is -2.43. The highest BCUT2D eigenvalue weighted by Crippen LogP contribution is 2.33. The standard InChI is InChI=1S/C15H21N3O/c1-5-11(3)17-18-14(19)12-9-7-8-10-13(12)16-15(18,4)6-2/h7-10,16H,5-6H2,1-4H3/b17-11-/t15-/m1/s1. The van der Waals surface area contributed by atoms with E-state index in [9.17, 15) is 4.79 Å². The number of fused-ring (bicyclic) bond motifs is 1. The monoisotopic (exact) mass is 259 g/mol. The molecule has 0 aromatic heterocycles. The highest BCUT2D eigenvalue weighted by molar-refractivity contribution is 6.02. The molecule has 1 aromatic carbocycles. The summed E-state index contributed by atoms with van der Waals surface area (Å²) in [4.78, 5) is 12.6. The van der Waals surface area contributed by atoms with Gasteiger partial charge < -0.3 is 5.32 Å². The van der Waals surface area contributed by atoms with Gasteiger partial charge in [0.15, 0.2) is 0 Å². The zero-order chi connectivity index (χ0) is 14.0. The molecule has 0 saturated carbocycles. The number of hydrogen-bond acceptors (Lipinski definition) is 3. The lowest BCUT2D eigenvalue weighted by molar-refractivity contribution is 0.0542. The van der Waals surface area contributed by atoms with Crippen molar-refractivity contribution in [3.05, 3.63) is 29.8 Å². The van der Waals surface area contributed by atoms with Crippen LogP contribution in [0.3, 0.4) is 0 Å². The van der Waals surface area contributed by atoms with E-state index in [1.165, 1.54) is 0 Å². The van der Waals surface area contributed by atoms with Crippen LogP contribution >= 0.6 is 0 Å². The summed E-state index contributed by atoms with van der Waals surface area (Å²) in [6, 6.07) is 7.59. The van der Waals surface area contributed by atoms with E-state index in [-0.39, 0.29) is 5.91 Å². The van der Waals surface area contributed by atoms with Crippen LogP contribution in [-0.2, 0) is 0 Å². The van der Waals surface area contributed by atoms with Crippen LogP contribution in [0, 0.1) is 0 Å². The molecule has 0 radical (unpaired) electrons. The Morgan fingerprint density at radius 2 is 2.05 bits per heavy atom. The molecule has 0 aliphatic carbocycles. The van der Waals surface area contributed by atoms with Crippen molar-refractivity contribution in [2.75, 3.05) is 5.32 Å².